The number of hydrogen-bond acceptors (Lipinski definition) is 2. The fraction of sp³-hybridized carbons (Fsp3) is 0.864. The molecule has 0 aromatic carbocycles. The van der Waals surface area contributed by atoms with Crippen molar-refractivity contribution in [3.63, 3.8) is 0 Å². The molecule has 4 heteroatoms. The quantitative estimate of drug-likeness (QED) is 0.242. The molecule has 0 rings (SSSR count). The summed E-state index contributed by atoms with van der Waals surface area (Å²) in [5.41, 5.74) is 12.0. The summed E-state index contributed by atoms with van der Waals surface area (Å²) in [4.78, 5) is 11.0. The Balaban J connectivity index is -0.00000123. The molecular weight excluding hydrogens is 344 g/mol. The molecule has 0 saturated heterocycles. The van der Waals surface area contributed by atoms with Crippen molar-refractivity contribution in [1.82, 2.24) is 0 Å². The van der Waals surface area contributed by atoms with Crippen LogP contribution in [0.15, 0.2) is 11.1 Å². The highest BCUT2D eigenvalue weighted by Crippen LogP contribution is 2.15. The van der Waals surface area contributed by atoms with Gasteiger partial charge in [-0.05, 0) is 33.2 Å². The van der Waals surface area contributed by atoms with E-state index in [1.807, 2.05) is 20.8 Å². The van der Waals surface area contributed by atoms with Gasteiger partial charge in [0.25, 0.3) is 0 Å². The minimum atomic E-state index is -0.271. The number of rotatable bonds is 15. The Morgan fingerprint density at radius 2 is 1.00 bits per heavy atom. The monoisotopic (exact) mass is 390 g/mol. The van der Waals surface area contributed by atoms with Crippen molar-refractivity contribution in [3.05, 3.63) is 11.1 Å². The molecule has 0 aromatic rings. The molecular formula is C22H47ClN2O. The van der Waals surface area contributed by atoms with Gasteiger partial charge in [0, 0.05) is 5.57 Å². The molecule has 26 heavy (non-hydrogen) atoms. The molecule has 0 spiro atoms. The van der Waals surface area contributed by atoms with Gasteiger partial charge in [-0.1, -0.05) is 96.5 Å². The second-order valence-electron chi connectivity index (χ2n) is 7.17. The molecule has 0 unspecified atom stereocenters. The summed E-state index contributed by atoms with van der Waals surface area (Å²) in [6, 6.07) is 0. The van der Waals surface area contributed by atoms with E-state index < -0.39 is 0 Å². The lowest BCUT2D eigenvalue weighted by molar-refractivity contribution is -0.114. The van der Waals surface area contributed by atoms with Gasteiger partial charge in [-0.15, -0.1) is 12.4 Å². The highest BCUT2D eigenvalue weighted by molar-refractivity contribution is 5.91. The zero-order chi connectivity index (χ0) is 19.3. The van der Waals surface area contributed by atoms with Crippen LogP contribution in [0.25, 0.3) is 0 Å². The maximum atomic E-state index is 11.0. The first-order valence-corrected chi connectivity index (χ1v) is 10.7. The van der Waals surface area contributed by atoms with Crippen LogP contribution in [0, 0.1) is 0 Å². The Bertz CT molecular complexity index is 330. The first kappa shape index (κ1) is 30.2. The van der Waals surface area contributed by atoms with E-state index in [-0.39, 0.29) is 18.3 Å². The summed E-state index contributed by atoms with van der Waals surface area (Å²) in [7, 11) is 0. The average Bonchev–Trinajstić information content (AvgIpc) is 2.58. The summed E-state index contributed by atoms with van der Waals surface area (Å²) >= 11 is 0. The summed E-state index contributed by atoms with van der Waals surface area (Å²) in [5, 5.41) is 0. The molecule has 0 atom stereocenters. The molecule has 158 valence electrons. The van der Waals surface area contributed by atoms with Crippen molar-refractivity contribution < 1.29 is 4.79 Å². The Labute approximate surface area is 170 Å². The van der Waals surface area contributed by atoms with Gasteiger partial charge in [-0.3, -0.25) is 4.79 Å². The second-order valence-corrected chi connectivity index (χ2v) is 7.17. The number of primary amides is 1. The summed E-state index contributed by atoms with van der Waals surface area (Å²) in [5.74, 6) is -0.271. The predicted octanol–water partition coefficient (Wildman–Crippen LogP) is 6.68. The zero-order valence-corrected chi connectivity index (χ0v) is 18.9. The first-order valence-electron chi connectivity index (χ1n) is 10.7. The summed E-state index contributed by atoms with van der Waals surface area (Å²) in [6.45, 7) is 8.79. The van der Waals surface area contributed by atoms with Crippen LogP contribution in [-0.2, 0) is 4.79 Å². The number of nitrogens with two attached hydrogens (primary N) is 2. The average molecular weight is 391 g/mol. The predicted molar refractivity (Wildman–Crippen MR) is 120 cm³/mol. The lowest BCUT2D eigenvalue weighted by Gasteiger charge is -2.05. The van der Waals surface area contributed by atoms with Crippen LogP contribution in [0.2, 0.25) is 0 Å². The third kappa shape index (κ3) is 23.5. The first-order chi connectivity index (χ1) is 12.0. The Morgan fingerprint density at radius 3 is 1.31 bits per heavy atom. The third-order valence-electron chi connectivity index (χ3n) is 4.67. The lowest BCUT2D eigenvalue weighted by atomic mass is 10.0. The highest BCUT2D eigenvalue weighted by atomic mass is 35.5. The molecule has 0 heterocycles. The van der Waals surface area contributed by atoms with Crippen LogP contribution in [0.3, 0.4) is 0 Å². The molecule has 0 aliphatic heterocycles. The molecule has 0 aliphatic carbocycles. The lowest BCUT2D eigenvalue weighted by Crippen LogP contribution is -2.13. The number of halogens is 1. The van der Waals surface area contributed by atoms with Gasteiger partial charge in [0.1, 0.15) is 0 Å². The smallest absolute Gasteiger partial charge is 0.244 e. The van der Waals surface area contributed by atoms with Crippen LogP contribution >= 0.6 is 12.4 Å². The van der Waals surface area contributed by atoms with Crippen molar-refractivity contribution in [2.24, 2.45) is 11.5 Å². The molecule has 0 radical (unpaired) electrons. The molecule has 0 fully saturated rings. The molecule has 1 amide bonds. The van der Waals surface area contributed by atoms with Crippen molar-refractivity contribution in [2.45, 2.75) is 118 Å². The van der Waals surface area contributed by atoms with Gasteiger partial charge in [0.2, 0.25) is 5.91 Å². The Morgan fingerprint density at radius 1 is 0.692 bits per heavy atom. The fourth-order valence-electron chi connectivity index (χ4n) is 2.81. The second kappa shape index (κ2) is 24.5. The largest absolute Gasteiger partial charge is 0.366 e. The summed E-state index contributed by atoms with van der Waals surface area (Å²) in [6.07, 6.45) is 18.9. The molecule has 0 aromatic heterocycles. The van der Waals surface area contributed by atoms with E-state index in [1.165, 1.54) is 83.5 Å². The molecule has 0 saturated carbocycles. The van der Waals surface area contributed by atoms with E-state index >= 15 is 0 Å². The Hall–Kier alpha value is -0.540. The standard InChI is InChI=1S/C20H39NO.C2H7N.ClH/c1-4-5-6-7-8-9-10-11-12-13-14-15-16-17-18(2)19(3)20(21)22;1-2-3;/h4-17H2,1-3H3,(H2,21,22);2-3H2,1H3;1H. The number of carbonyl (C=O) groups excluding carboxylic acids is 1. The molecule has 4 N–H and O–H groups in total. The van der Waals surface area contributed by atoms with Gasteiger partial charge in [0.15, 0.2) is 0 Å². The van der Waals surface area contributed by atoms with Gasteiger partial charge in [-0.2, -0.15) is 0 Å². The SMILES string of the molecule is CCCCCCCCCCCCCCCC(C)=C(C)C(N)=O.CCN.Cl. The van der Waals surface area contributed by atoms with E-state index in [2.05, 4.69) is 6.92 Å². The number of unbranched alkanes of at least 4 members (excludes halogenated alkanes) is 12. The van der Waals surface area contributed by atoms with E-state index in [1.54, 1.807) is 0 Å². The topological polar surface area (TPSA) is 69.1 Å². The molecule has 0 bridgehead atoms. The number of amides is 1. The van der Waals surface area contributed by atoms with Crippen molar-refractivity contribution in [1.29, 1.82) is 0 Å². The third-order valence-corrected chi connectivity index (χ3v) is 4.67. The van der Waals surface area contributed by atoms with E-state index in [9.17, 15) is 4.79 Å². The number of allylic oxidation sites excluding steroid dienone is 1. The van der Waals surface area contributed by atoms with Crippen LogP contribution in [-0.4, -0.2) is 12.5 Å². The molecule has 0 aliphatic rings. The fourth-order valence-corrected chi connectivity index (χ4v) is 2.81. The van der Waals surface area contributed by atoms with E-state index in [0.29, 0.717) is 0 Å². The van der Waals surface area contributed by atoms with Crippen LogP contribution in [0.1, 0.15) is 118 Å². The minimum Gasteiger partial charge on any atom is -0.366 e. The zero-order valence-electron chi connectivity index (χ0n) is 18.1. The van der Waals surface area contributed by atoms with E-state index in [0.717, 1.165) is 24.1 Å². The molecule has 3 nitrogen and oxygen atoms in total. The maximum absolute atomic E-state index is 11.0. The van der Waals surface area contributed by atoms with Gasteiger partial charge >= 0.3 is 0 Å². The van der Waals surface area contributed by atoms with E-state index in [4.69, 9.17) is 11.5 Å². The number of carbonyl (C=O) groups is 1. The van der Waals surface area contributed by atoms with Gasteiger partial charge in [-0.25, -0.2) is 0 Å². The van der Waals surface area contributed by atoms with Crippen LogP contribution in [0.5, 0.6) is 0 Å². The van der Waals surface area contributed by atoms with Crippen LogP contribution < -0.4 is 11.5 Å². The van der Waals surface area contributed by atoms with Gasteiger partial charge in [0.05, 0.1) is 0 Å². The van der Waals surface area contributed by atoms with Gasteiger partial charge < -0.3 is 11.5 Å². The maximum Gasteiger partial charge on any atom is 0.244 e. The minimum absolute atomic E-state index is 0. The van der Waals surface area contributed by atoms with Crippen LogP contribution in [0.4, 0.5) is 0 Å². The van der Waals surface area contributed by atoms with Crippen molar-refractivity contribution in [2.75, 3.05) is 6.54 Å². The van der Waals surface area contributed by atoms with Crippen molar-refractivity contribution in [3.8, 4) is 0 Å². The summed E-state index contributed by atoms with van der Waals surface area (Å²) < 4.78 is 0. The Kier molecular flexibility index (Phi) is 28.4. The normalized spacial score (nSPS) is 11.1. The van der Waals surface area contributed by atoms with Crippen molar-refractivity contribution >= 4 is 18.3 Å². The highest BCUT2D eigenvalue weighted by Gasteiger charge is 2.02. The number of hydrogen-bond donors (Lipinski definition) is 2.